The number of carbonyl (C=O) groups excluding carboxylic acids is 1. The number of hydrogen-bond acceptors (Lipinski definition) is 3. The molecule has 0 saturated carbocycles. The Balaban J connectivity index is 1.52. The molecule has 1 heterocycles. The fraction of sp³-hybridized carbons (Fsp3) is 0.381. The zero-order chi connectivity index (χ0) is 19.2. The van der Waals surface area contributed by atoms with Crippen LogP contribution in [-0.4, -0.2) is 48.9 Å². The lowest BCUT2D eigenvalue weighted by molar-refractivity contribution is -0.116. The Labute approximate surface area is 158 Å². The van der Waals surface area contributed by atoms with E-state index in [9.17, 15) is 13.6 Å². The van der Waals surface area contributed by atoms with Gasteiger partial charge >= 0.3 is 0 Å². The molecule has 0 bridgehead atoms. The van der Waals surface area contributed by atoms with Crippen molar-refractivity contribution in [2.75, 3.05) is 38.5 Å². The molecule has 0 atom stereocenters. The van der Waals surface area contributed by atoms with Crippen LogP contribution in [0.3, 0.4) is 0 Å². The van der Waals surface area contributed by atoms with Gasteiger partial charge in [0.15, 0.2) is 0 Å². The number of benzene rings is 2. The van der Waals surface area contributed by atoms with Crippen LogP contribution >= 0.6 is 0 Å². The molecule has 0 spiro atoms. The van der Waals surface area contributed by atoms with Crippen LogP contribution in [0.4, 0.5) is 14.5 Å². The van der Waals surface area contributed by atoms with E-state index in [2.05, 4.69) is 28.2 Å². The number of aryl methyl sites for hydroxylation is 1. The van der Waals surface area contributed by atoms with Crippen molar-refractivity contribution in [1.29, 1.82) is 0 Å². The third-order valence-corrected chi connectivity index (χ3v) is 4.84. The molecular formula is C21H25F2N3O. The van der Waals surface area contributed by atoms with Gasteiger partial charge in [0.25, 0.3) is 0 Å². The van der Waals surface area contributed by atoms with E-state index in [1.807, 2.05) is 18.2 Å². The fourth-order valence-corrected chi connectivity index (χ4v) is 3.22. The molecule has 1 amide bonds. The molecule has 144 valence electrons. The molecule has 6 heteroatoms. The van der Waals surface area contributed by atoms with E-state index >= 15 is 0 Å². The van der Waals surface area contributed by atoms with Crippen LogP contribution in [0, 0.1) is 11.6 Å². The number of rotatable bonds is 6. The summed E-state index contributed by atoms with van der Waals surface area (Å²) in [6, 6.07) is 11.1. The van der Waals surface area contributed by atoms with Gasteiger partial charge < -0.3 is 10.2 Å². The number of nitrogens with one attached hydrogen (secondary N) is 1. The second-order valence-electron chi connectivity index (χ2n) is 7.06. The molecule has 4 nitrogen and oxygen atoms in total. The Morgan fingerprint density at radius 3 is 2.63 bits per heavy atom. The minimum absolute atomic E-state index is 0.100. The number of nitrogens with zero attached hydrogens (tertiary/aromatic N) is 2. The summed E-state index contributed by atoms with van der Waals surface area (Å²) in [5.41, 5.74) is 2.09. The monoisotopic (exact) mass is 373 g/mol. The number of likely N-dealkylation sites (N-methyl/N-ethyl adjacent to an activating group) is 1. The Hall–Kier alpha value is -2.31. The number of anilines is 1. The highest BCUT2D eigenvalue weighted by Crippen LogP contribution is 2.16. The van der Waals surface area contributed by atoms with Gasteiger partial charge in [-0.25, -0.2) is 8.78 Å². The van der Waals surface area contributed by atoms with E-state index in [4.69, 9.17) is 0 Å². The van der Waals surface area contributed by atoms with Crippen molar-refractivity contribution in [2.24, 2.45) is 0 Å². The molecule has 3 rings (SSSR count). The Kier molecular flexibility index (Phi) is 6.53. The first-order chi connectivity index (χ1) is 13.0. The van der Waals surface area contributed by atoms with Gasteiger partial charge in [0.05, 0.1) is 0 Å². The highest BCUT2D eigenvalue weighted by molar-refractivity contribution is 5.90. The Morgan fingerprint density at radius 2 is 1.85 bits per heavy atom. The summed E-state index contributed by atoms with van der Waals surface area (Å²) < 4.78 is 26.8. The average molecular weight is 373 g/mol. The van der Waals surface area contributed by atoms with E-state index in [0.717, 1.165) is 62.2 Å². The van der Waals surface area contributed by atoms with Crippen molar-refractivity contribution in [3.8, 4) is 0 Å². The molecule has 0 aromatic heterocycles. The average Bonchev–Trinajstić information content (AvgIpc) is 2.65. The van der Waals surface area contributed by atoms with Crippen LogP contribution in [0.2, 0.25) is 0 Å². The molecule has 0 radical (unpaired) electrons. The van der Waals surface area contributed by atoms with Gasteiger partial charge in [-0.15, -0.1) is 0 Å². The summed E-state index contributed by atoms with van der Waals surface area (Å²) in [6.45, 7) is 5.05. The third-order valence-electron chi connectivity index (χ3n) is 4.84. The van der Waals surface area contributed by atoms with Gasteiger partial charge in [-0.05, 0) is 54.9 Å². The number of carbonyl (C=O) groups is 1. The molecular weight excluding hydrogens is 348 g/mol. The maximum atomic E-state index is 13.6. The van der Waals surface area contributed by atoms with Crippen molar-refractivity contribution in [2.45, 2.75) is 19.4 Å². The third kappa shape index (κ3) is 5.84. The van der Waals surface area contributed by atoms with Crippen molar-refractivity contribution in [1.82, 2.24) is 9.80 Å². The maximum Gasteiger partial charge on any atom is 0.224 e. The van der Waals surface area contributed by atoms with E-state index in [1.165, 1.54) is 0 Å². The Bertz CT molecular complexity index is 789. The van der Waals surface area contributed by atoms with Gasteiger partial charge in [-0.1, -0.05) is 12.1 Å². The lowest BCUT2D eigenvalue weighted by Gasteiger charge is -2.32. The molecule has 0 unspecified atom stereocenters. The first-order valence-electron chi connectivity index (χ1n) is 9.23. The lowest BCUT2D eigenvalue weighted by Crippen LogP contribution is -2.43. The Morgan fingerprint density at radius 1 is 1.07 bits per heavy atom. The van der Waals surface area contributed by atoms with Gasteiger partial charge in [0.2, 0.25) is 5.91 Å². The van der Waals surface area contributed by atoms with Gasteiger partial charge in [-0.2, -0.15) is 0 Å². The molecule has 1 aliphatic rings. The lowest BCUT2D eigenvalue weighted by atomic mass is 10.1. The van der Waals surface area contributed by atoms with Gasteiger partial charge in [-0.3, -0.25) is 9.69 Å². The first kappa shape index (κ1) is 19.5. The first-order valence-corrected chi connectivity index (χ1v) is 9.23. The molecule has 1 fully saturated rings. The summed E-state index contributed by atoms with van der Waals surface area (Å²) in [4.78, 5) is 16.9. The number of halogens is 2. The van der Waals surface area contributed by atoms with E-state index in [0.29, 0.717) is 0 Å². The van der Waals surface area contributed by atoms with Gasteiger partial charge in [0.1, 0.15) is 11.6 Å². The number of piperazine rings is 1. The second kappa shape index (κ2) is 9.06. The minimum atomic E-state index is -0.497. The summed E-state index contributed by atoms with van der Waals surface area (Å²) in [5.74, 6) is -1.20. The molecule has 1 saturated heterocycles. The van der Waals surface area contributed by atoms with E-state index in [-0.39, 0.29) is 24.3 Å². The van der Waals surface area contributed by atoms with Crippen LogP contribution in [0.5, 0.6) is 0 Å². The van der Waals surface area contributed by atoms with Crippen molar-refractivity contribution in [3.63, 3.8) is 0 Å². The fourth-order valence-electron chi connectivity index (χ4n) is 3.22. The zero-order valence-electron chi connectivity index (χ0n) is 15.5. The van der Waals surface area contributed by atoms with Crippen LogP contribution < -0.4 is 5.32 Å². The molecule has 0 aliphatic carbocycles. The zero-order valence-corrected chi connectivity index (χ0v) is 15.5. The molecule has 27 heavy (non-hydrogen) atoms. The van der Waals surface area contributed by atoms with E-state index in [1.54, 1.807) is 0 Å². The highest BCUT2D eigenvalue weighted by atomic mass is 19.1. The van der Waals surface area contributed by atoms with Crippen LogP contribution in [0.15, 0.2) is 42.5 Å². The van der Waals surface area contributed by atoms with Crippen LogP contribution in [0.1, 0.15) is 17.5 Å². The van der Waals surface area contributed by atoms with Crippen molar-refractivity contribution >= 4 is 11.6 Å². The SMILES string of the molecule is CN1CCN(Cc2cccc(NC(=O)CCc3cc(F)ccc3F)c2)CC1. The summed E-state index contributed by atoms with van der Waals surface area (Å²) >= 11 is 0. The predicted molar refractivity (Wildman–Crippen MR) is 103 cm³/mol. The number of amides is 1. The number of hydrogen-bond donors (Lipinski definition) is 1. The normalized spacial score (nSPS) is 15.7. The smallest absolute Gasteiger partial charge is 0.224 e. The quantitative estimate of drug-likeness (QED) is 0.844. The van der Waals surface area contributed by atoms with E-state index < -0.39 is 11.6 Å². The summed E-state index contributed by atoms with van der Waals surface area (Å²) in [5, 5.41) is 2.85. The van der Waals surface area contributed by atoms with Gasteiger partial charge in [0, 0.05) is 44.8 Å². The minimum Gasteiger partial charge on any atom is -0.326 e. The maximum absolute atomic E-state index is 13.6. The molecule has 2 aromatic rings. The van der Waals surface area contributed by atoms with Crippen LogP contribution in [-0.2, 0) is 17.8 Å². The van der Waals surface area contributed by atoms with Crippen molar-refractivity contribution < 1.29 is 13.6 Å². The second-order valence-corrected chi connectivity index (χ2v) is 7.06. The standard InChI is InChI=1S/C21H25F2N3O/c1-25-9-11-26(12-10-25)15-16-3-2-4-19(13-16)24-21(27)8-5-17-14-18(22)6-7-20(17)23/h2-4,6-7,13-14H,5,8-12,15H2,1H3,(H,24,27). The molecule has 1 aliphatic heterocycles. The topological polar surface area (TPSA) is 35.6 Å². The molecule has 2 aromatic carbocycles. The van der Waals surface area contributed by atoms with Crippen LogP contribution in [0.25, 0.3) is 0 Å². The van der Waals surface area contributed by atoms with Crippen molar-refractivity contribution in [3.05, 3.63) is 65.2 Å². The summed E-state index contributed by atoms with van der Waals surface area (Å²) in [7, 11) is 2.13. The molecule has 1 N–H and O–H groups in total. The largest absolute Gasteiger partial charge is 0.326 e. The summed E-state index contributed by atoms with van der Waals surface area (Å²) in [6.07, 6.45) is 0.263. The highest BCUT2D eigenvalue weighted by Gasteiger charge is 2.14. The predicted octanol–water partition coefficient (Wildman–Crippen LogP) is 3.28.